The van der Waals surface area contributed by atoms with Gasteiger partial charge in [0.1, 0.15) is 11.4 Å². The number of aromatic amines is 1. The van der Waals surface area contributed by atoms with Crippen LogP contribution in [-0.2, 0) is 4.74 Å². The number of likely N-dealkylation sites (tertiary alicyclic amines) is 1. The number of piperidine rings is 1. The summed E-state index contributed by atoms with van der Waals surface area (Å²) >= 11 is 3.46. The summed E-state index contributed by atoms with van der Waals surface area (Å²) in [6.07, 6.45) is 4.87. The van der Waals surface area contributed by atoms with E-state index in [9.17, 15) is 4.79 Å². The van der Waals surface area contributed by atoms with E-state index in [0.717, 1.165) is 40.8 Å². The van der Waals surface area contributed by atoms with Crippen molar-refractivity contribution in [2.75, 3.05) is 0 Å². The summed E-state index contributed by atoms with van der Waals surface area (Å²) in [5.74, 6) is 1.32. The average Bonchev–Trinajstić information content (AvgIpc) is 3.28. The molecule has 2 fully saturated rings. The fourth-order valence-corrected chi connectivity index (χ4v) is 4.44. The highest BCUT2D eigenvalue weighted by molar-refractivity contribution is 9.10. The molecule has 1 saturated carbocycles. The highest BCUT2D eigenvalue weighted by atomic mass is 79.9. The van der Waals surface area contributed by atoms with Gasteiger partial charge in [-0.25, -0.2) is 9.78 Å². The molecular weight excluding hydrogens is 394 g/mol. The number of H-pyrrole nitrogens is 1. The van der Waals surface area contributed by atoms with Gasteiger partial charge >= 0.3 is 6.09 Å². The SMILES string of the molecule is CC(C)(C)OC(=O)N1[C@@H]2CC[C@@H](C2)[C@@H]1c1ncc(-c2ccc(Br)cc2)[nH]1. The largest absolute Gasteiger partial charge is 0.444 e. The first-order valence-corrected chi connectivity index (χ1v) is 9.93. The number of aromatic nitrogens is 2. The molecule has 2 heterocycles. The third-order valence-corrected chi connectivity index (χ3v) is 5.75. The number of nitrogens with one attached hydrogen (secondary N) is 1. The molecule has 0 spiro atoms. The molecule has 1 aliphatic heterocycles. The quantitative estimate of drug-likeness (QED) is 0.720. The predicted molar refractivity (Wildman–Crippen MR) is 104 cm³/mol. The standard InChI is InChI=1S/C20H24BrN3O2/c1-20(2,3)26-19(25)24-15-9-6-13(10-15)17(24)18-22-11-16(23-18)12-4-7-14(21)8-5-12/h4-5,7-8,11,13,15,17H,6,9-10H2,1-3H3,(H,22,23)/t13-,15+,17+/m0/s1. The fraction of sp³-hybridized carbons (Fsp3) is 0.500. The molecule has 1 N–H and O–H groups in total. The van der Waals surface area contributed by atoms with E-state index in [1.165, 1.54) is 0 Å². The lowest BCUT2D eigenvalue weighted by Gasteiger charge is -2.35. The van der Waals surface area contributed by atoms with Crippen LogP contribution in [0.5, 0.6) is 0 Å². The van der Waals surface area contributed by atoms with Crippen LogP contribution in [0.4, 0.5) is 4.79 Å². The number of halogens is 1. The van der Waals surface area contributed by atoms with Gasteiger partial charge in [0.15, 0.2) is 0 Å². The number of fused-ring (bicyclic) bond motifs is 2. The molecule has 5 nitrogen and oxygen atoms in total. The van der Waals surface area contributed by atoms with Crippen molar-refractivity contribution in [1.29, 1.82) is 0 Å². The van der Waals surface area contributed by atoms with Gasteiger partial charge in [0.05, 0.1) is 17.9 Å². The van der Waals surface area contributed by atoms with Crippen molar-refractivity contribution >= 4 is 22.0 Å². The maximum Gasteiger partial charge on any atom is 0.411 e. The van der Waals surface area contributed by atoms with E-state index < -0.39 is 5.60 Å². The molecule has 4 rings (SSSR count). The Bertz CT molecular complexity index is 809. The van der Waals surface area contributed by atoms with Crippen LogP contribution in [0.1, 0.15) is 51.9 Å². The summed E-state index contributed by atoms with van der Waals surface area (Å²) in [5.41, 5.74) is 1.56. The third-order valence-electron chi connectivity index (χ3n) is 5.22. The number of hydrogen-bond donors (Lipinski definition) is 1. The summed E-state index contributed by atoms with van der Waals surface area (Å²) in [5, 5.41) is 0. The topological polar surface area (TPSA) is 58.2 Å². The Balaban J connectivity index is 1.61. The summed E-state index contributed by atoms with van der Waals surface area (Å²) in [6, 6.07) is 8.37. The minimum absolute atomic E-state index is 0.0206. The Morgan fingerprint density at radius 1 is 1.27 bits per heavy atom. The van der Waals surface area contributed by atoms with Crippen LogP contribution in [0, 0.1) is 5.92 Å². The van der Waals surface area contributed by atoms with E-state index >= 15 is 0 Å². The van der Waals surface area contributed by atoms with Crippen molar-refractivity contribution in [2.24, 2.45) is 5.92 Å². The van der Waals surface area contributed by atoms with Gasteiger partial charge in [0, 0.05) is 10.5 Å². The van der Waals surface area contributed by atoms with E-state index in [1.807, 2.05) is 56.1 Å². The van der Waals surface area contributed by atoms with Gasteiger partial charge < -0.3 is 9.72 Å². The second-order valence-corrected chi connectivity index (χ2v) is 9.16. The van der Waals surface area contributed by atoms with Gasteiger partial charge in [-0.05, 0) is 63.6 Å². The summed E-state index contributed by atoms with van der Waals surface area (Å²) in [6.45, 7) is 5.73. The number of imidazole rings is 1. The molecule has 0 unspecified atom stereocenters. The Kier molecular flexibility index (Phi) is 4.34. The average molecular weight is 418 g/mol. The molecule has 2 aliphatic rings. The molecule has 2 aromatic rings. The van der Waals surface area contributed by atoms with Crippen LogP contribution >= 0.6 is 15.9 Å². The molecular formula is C20H24BrN3O2. The zero-order valence-electron chi connectivity index (χ0n) is 15.3. The first-order valence-electron chi connectivity index (χ1n) is 9.14. The van der Waals surface area contributed by atoms with E-state index in [2.05, 4.69) is 25.9 Å². The Morgan fingerprint density at radius 3 is 2.69 bits per heavy atom. The molecule has 1 aromatic heterocycles. The van der Waals surface area contributed by atoms with Crippen LogP contribution in [0.3, 0.4) is 0 Å². The minimum atomic E-state index is -0.491. The number of carbonyl (C=O) groups is 1. The second-order valence-electron chi connectivity index (χ2n) is 8.25. The first kappa shape index (κ1) is 17.6. The van der Waals surface area contributed by atoms with Gasteiger partial charge in [-0.1, -0.05) is 28.1 Å². The molecule has 1 saturated heterocycles. The summed E-state index contributed by atoms with van der Waals surface area (Å²) < 4.78 is 6.72. The van der Waals surface area contributed by atoms with Gasteiger partial charge in [0.2, 0.25) is 0 Å². The number of rotatable bonds is 2. The molecule has 2 bridgehead atoms. The lowest BCUT2D eigenvalue weighted by atomic mass is 9.98. The van der Waals surface area contributed by atoms with Crippen molar-refractivity contribution < 1.29 is 9.53 Å². The molecule has 0 radical (unpaired) electrons. The smallest absolute Gasteiger partial charge is 0.411 e. The van der Waals surface area contributed by atoms with Crippen molar-refractivity contribution in [1.82, 2.24) is 14.9 Å². The van der Waals surface area contributed by atoms with E-state index in [4.69, 9.17) is 4.74 Å². The van der Waals surface area contributed by atoms with E-state index in [-0.39, 0.29) is 18.2 Å². The monoisotopic (exact) mass is 417 g/mol. The Hall–Kier alpha value is -1.82. The number of amides is 1. The molecule has 138 valence electrons. The first-order chi connectivity index (χ1) is 12.3. The predicted octanol–water partition coefficient (Wildman–Crippen LogP) is 5.30. The van der Waals surface area contributed by atoms with Crippen LogP contribution in [0.2, 0.25) is 0 Å². The van der Waals surface area contributed by atoms with Crippen LogP contribution in [0.15, 0.2) is 34.9 Å². The number of benzene rings is 1. The number of nitrogens with zero attached hydrogens (tertiary/aromatic N) is 2. The van der Waals surface area contributed by atoms with Crippen molar-refractivity contribution in [3.05, 3.63) is 40.8 Å². The summed E-state index contributed by atoms with van der Waals surface area (Å²) in [4.78, 5) is 22.8. The molecule has 3 atom stereocenters. The van der Waals surface area contributed by atoms with Crippen LogP contribution in [0.25, 0.3) is 11.3 Å². The number of carbonyl (C=O) groups excluding carboxylic acids is 1. The van der Waals surface area contributed by atoms with Gasteiger partial charge in [-0.2, -0.15) is 0 Å². The third kappa shape index (κ3) is 3.27. The highest BCUT2D eigenvalue weighted by Crippen LogP contribution is 2.50. The zero-order chi connectivity index (χ0) is 18.5. The summed E-state index contributed by atoms with van der Waals surface area (Å²) in [7, 11) is 0. The van der Waals surface area contributed by atoms with E-state index in [1.54, 1.807) is 0 Å². The zero-order valence-corrected chi connectivity index (χ0v) is 16.9. The van der Waals surface area contributed by atoms with Gasteiger partial charge in [-0.3, -0.25) is 4.90 Å². The molecule has 1 aliphatic carbocycles. The lowest BCUT2D eigenvalue weighted by Crippen LogP contribution is -2.43. The maximum absolute atomic E-state index is 12.8. The van der Waals surface area contributed by atoms with Gasteiger partial charge in [-0.15, -0.1) is 0 Å². The highest BCUT2D eigenvalue weighted by Gasteiger charge is 2.51. The molecule has 1 amide bonds. The van der Waals surface area contributed by atoms with Crippen LogP contribution in [-0.4, -0.2) is 32.6 Å². The van der Waals surface area contributed by atoms with Crippen molar-refractivity contribution in [2.45, 2.75) is 57.7 Å². The van der Waals surface area contributed by atoms with Crippen LogP contribution < -0.4 is 0 Å². The molecule has 26 heavy (non-hydrogen) atoms. The Morgan fingerprint density at radius 2 is 2.00 bits per heavy atom. The normalized spacial score (nSPS) is 24.9. The molecule has 1 aromatic carbocycles. The van der Waals surface area contributed by atoms with Crippen molar-refractivity contribution in [3.63, 3.8) is 0 Å². The minimum Gasteiger partial charge on any atom is -0.444 e. The Labute approximate surface area is 162 Å². The number of hydrogen-bond acceptors (Lipinski definition) is 3. The van der Waals surface area contributed by atoms with Gasteiger partial charge in [0.25, 0.3) is 0 Å². The maximum atomic E-state index is 12.8. The number of ether oxygens (including phenoxy) is 1. The fourth-order valence-electron chi connectivity index (χ4n) is 4.18. The second kappa shape index (κ2) is 6.41. The van der Waals surface area contributed by atoms with E-state index in [0.29, 0.717) is 5.92 Å². The molecule has 6 heteroatoms. The lowest BCUT2D eigenvalue weighted by molar-refractivity contribution is 0.00620. The van der Waals surface area contributed by atoms with Crippen molar-refractivity contribution in [3.8, 4) is 11.3 Å².